The van der Waals surface area contributed by atoms with Gasteiger partial charge in [-0.15, -0.1) is 0 Å². The summed E-state index contributed by atoms with van der Waals surface area (Å²) in [5.74, 6) is 1.35. The van der Waals surface area contributed by atoms with E-state index in [1.54, 1.807) is 0 Å². The molecule has 0 aliphatic carbocycles. The monoisotopic (exact) mass is 334 g/mol. The van der Waals surface area contributed by atoms with Gasteiger partial charge in [0, 0.05) is 30.2 Å². The fourth-order valence-corrected chi connectivity index (χ4v) is 2.86. The highest BCUT2D eigenvalue weighted by molar-refractivity contribution is 5.94. The summed E-state index contributed by atoms with van der Waals surface area (Å²) in [5, 5.41) is 2.95. The van der Waals surface area contributed by atoms with Crippen molar-refractivity contribution in [3.8, 4) is 17.2 Å². The first-order valence-corrected chi connectivity index (χ1v) is 8.11. The summed E-state index contributed by atoms with van der Waals surface area (Å²) in [6.07, 6.45) is 3.94. The van der Waals surface area contributed by atoms with Crippen molar-refractivity contribution < 1.29 is 14.3 Å². The molecule has 1 aliphatic heterocycles. The first kappa shape index (κ1) is 15.3. The number of carbonyl (C=O) groups is 1. The van der Waals surface area contributed by atoms with Crippen LogP contribution in [0.5, 0.6) is 11.5 Å². The lowest BCUT2D eigenvalue weighted by Gasteiger charge is -2.11. The van der Waals surface area contributed by atoms with Crippen molar-refractivity contribution >= 4 is 5.91 Å². The minimum absolute atomic E-state index is 0.105. The molecule has 5 heteroatoms. The van der Waals surface area contributed by atoms with Crippen LogP contribution >= 0.6 is 0 Å². The molecule has 4 rings (SSSR count). The van der Waals surface area contributed by atoms with Gasteiger partial charge in [-0.2, -0.15) is 0 Å². The summed E-state index contributed by atoms with van der Waals surface area (Å²) in [5.41, 5.74) is 3.72. The van der Waals surface area contributed by atoms with Crippen LogP contribution in [0, 0.1) is 6.92 Å². The lowest BCUT2D eigenvalue weighted by molar-refractivity contribution is 0.0951. The zero-order valence-electron chi connectivity index (χ0n) is 13.9. The fraction of sp³-hybridized carbons (Fsp3) is 0.150. The van der Waals surface area contributed by atoms with Gasteiger partial charge in [-0.05, 0) is 54.4 Å². The molecule has 0 radical (unpaired) electrons. The zero-order chi connectivity index (χ0) is 17.2. The topological polar surface area (TPSA) is 52.5 Å². The average molecular weight is 334 g/mol. The molecule has 0 spiro atoms. The zero-order valence-corrected chi connectivity index (χ0v) is 13.9. The summed E-state index contributed by atoms with van der Waals surface area (Å²) in [4.78, 5) is 12.5. The number of aryl methyl sites for hydroxylation is 1. The maximum Gasteiger partial charge on any atom is 0.251 e. The van der Waals surface area contributed by atoms with Crippen LogP contribution < -0.4 is 14.8 Å². The van der Waals surface area contributed by atoms with Crippen LogP contribution in [0.2, 0.25) is 0 Å². The highest BCUT2D eigenvalue weighted by atomic mass is 16.7. The lowest BCUT2D eigenvalue weighted by atomic mass is 10.1. The van der Waals surface area contributed by atoms with E-state index in [4.69, 9.17) is 9.47 Å². The Morgan fingerprint density at radius 1 is 1.08 bits per heavy atom. The van der Waals surface area contributed by atoms with Crippen LogP contribution in [0.25, 0.3) is 5.69 Å². The SMILES string of the molecule is Cc1ccc(C(=O)NCc2ccc3c(c2)OCO3)cc1-n1cccc1. The van der Waals surface area contributed by atoms with Crippen LogP contribution in [-0.2, 0) is 6.54 Å². The Labute approximate surface area is 145 Å². The van der Waals surface area contributed by atoms with Crippen LogP contribution in [0.4, 0.5) is 0 Å². The molecule has 5 nitrogen and oxygen atoms in total. The number of rotatable bonds is 4. The summed E-state index contributed by atoms with van der Waals surface area (Å²) in [7, 11) is 0. The van der Waals surface area contributed by atoms with Crippen LogP contribution in [0.15, 0.2) is 60.9 Å². The summed E-state index contributed by atoms with van der Waals surface area (Å²) < 4.78 is 12.7. The van der Waals surface area contributed by atoms with E-state index in [2.05, 4.69) is 5.32 Å². The second-order valence-corrected chi connectivity index (χ2v) is 5.96. The Hall–Kier alpha value is -3.21. The largest absolute Gasteiger partial charge is 0.454 e. The van der Waals surface area contributed by atoms with E-state index in [0.717, 1.165) is 28.3 Å². The van der Waals surface area contributed by atoms with E-state index in [0.29, 0.717) is 12.1 Å². The summed E-state index contributed by atoms with van der Waals surface area (Å²) in [6, 6.07) is 15.3. The molecule has 1 aliphatic rings. The first-order chi connectivity index (χ1) is 12.2. The molecule has 0 bridgehead atoms. The normalized spacial score (nSPS) is 12.2. The third kappa shape index (κ3) is 3.08. The molecule has 1 aromatic heterocycles. The molecule has 0 saturated carbocycles. The fourth-order valence-electron chi connectivity index (χ4n) is 2.86. The van der Waals surface area contributed by atoms with Gasteiger partial charge in [0.15, 0.2) is 11.5 Å². The number of nitrogens with zero attached hydrogens (tertiary/aromatic N) is 1. The average Bonchev–Trinajstić information content (AvgIpc) is 3.31. The van der Waals surface area contributed by atoms with Gasteiger partial charge in [-0.25, -0.2) is 0 Å². The number of nitrogens with one attached hydrogen (secondary N) is 1. The predicted octanol–water partition coefficient (Wildman–Crippen LogP) is 3.44. The van der Waals surface area contributed by atoms with Crippen LogP contribution in [0.3, 0.4) is 0 Å². The highest BCUT2D eigenvalue weighted by Gasteiger charge is 2.14. The minimum atomic E-state index is -0.105. The highest BCUT2D eigenvalue weighted by Crippen LogP contribution is 2.32. The van der Waals surface area contributed by atoms with Gasteiger partial charge in [0.1, 0.15) is 0 Å². The van der Waals surface area contributed by atoms with E-state index in [1.807, 2.05) is 72.4 Å². The predicted molar refractivity (Wildman–Crippen MR) is 94.2 cm³/mol. The molecule has 2 aromatic carbocycles. The molecule has 3 aromatic rings. The number of benzene rings is 2. The maximum atomic E-state index is 12.5. The van der Waals surface area contributed by atoms with E-state index in [-0.39, 0.29) is 12.7 Å². The quantitative estimate of drug-likeness (QED) is 0.795. The number of hydrogen-bond acceptors (Lipinski definition) is 3. The lowest BCUT2D eigenvalue weighted by Crippen LogP contribution is -2.23. The Morgan fingerprint density at radius 2 is 1.88 bits per heavy atom. The van der Waals surface area contributed by atoms with Crippen molar-refractivity contribution in [1.29, 1.82) is 0 Å². The Morgan fingerprint density at radius 3 is 2.72 bits per heavy atom. The van der Waals surface area contributed by atoms with Crippen molar-refractivity contribution in [2.24, 2.45) is 0 Å². The molecule has 1 N–H and O–H groups in total. The number of amides is 1. The number of fused-ring (bicyclic) bond motifs is 1. The van der Waals surface area contributed by atoms with Crippen LogP contribution in [0.1, 0.15) is 21.5 Å². The second kappa shape index (κ2) is 6.36. The van der Waals surface area contributed by atoms with Gasteiger partial charge >= 0.3 is 0 Å². The van der Waals surface area contributed by atoms with E-state index in [1.165, 1.54) is 0 Å². The van der Waals surface area contributed by atoms with Crippen molar-refractivity contribution in [3.05, 3.63) is 77.6 Å². The number of ether oxygens (including phenoxy) is 2. The first-order valence-electron chi connectivity index (χ1n) is 8.11. The maximum absolute atomic E-state index is 12.5. The summed E-state index contributed by atoms with van der Waals surface area (Å²) in [6.45, 7) is 2.71. The molecule has 0 saturated heterocycles. The molecular weight excluding hydrogens is 316 g/mol. The van der Waals surface area contributed by atoms with Gasteiger partial charge in [-0.3, -0.25) is 4.79 Å². The Balaban J connectivity index is 1.49. The smallest absolute Gasteiger partial charge is 0.251 e. The van der Waals surface area contributed by atoms with Crippen LogP contribution in [-0.4, -0.2) is 17.3 Å². The summed E-state index contributed by atoms with van der Waals surface area (Å²) >= 11 is 0. The second-order valence-electron chi connectivity index (χ2n) is 5.96. The minimum Gasteiger partial charge on any atom is -0.454 e. The van der Waals surface area contributed by atoms with Gasteiger partial charge in [0.05, 0.1) is 0 Å². The molecule has 25 heavy (non-hydrogen) atoms. The van der Waals surface area contributed by atoms with Gasteiger partial charge < -0.3 is 19.4 Å². The number of hydrogen-bond donors (Lipinski definition) is 1. The Kier molecular flexibility index (Phi) is 3.90. The van der Waals surface area contributed by atoms with Crippen molar-refractivity contribution in [3.63, 3.8) is 0 Å². The van der Waals surface area contributed by atoms with Crippen molar-refractivity contribution in [2.45, 2.75) is 13.5 Å². The third-order valence-corrected chi connectivity index (χ3v) is 4.24. The number of aromatic nitrogens is 1. The van der Waals surface area contributed by atoms with Crippen molar-refractivity contribution in [1.82, 2.24) is 9.88 Å². The molecule has 1 amide bonds. The van der Waals surface area contributed by atoms with Gasteiger partial charge in [-0.1, -0.05) is 12.1 Å². The van der Waals surface area contributed by atoms with Gasteiger partial charge in [0.25, 0.3) is 5.91 Å². The molecular formula is C20H18N2O3. The standard InChI is InChI=1S/C20H18N2O3/c1-14-4-6-16(11-17(14)22-8-2-3-9-22)20(23)21-12-15-5-7-18-19(10-15)25-13-24-18/h2-11H,12-13H2,1H3,(H,21,23). The van der Waals surface area contributed by atoms with Crippen molar-refractivity contribution in [2.75, 3.05) is 6.79 Å². The van der Waals surface area contributed by atoms with E-state index >= 15 is 0 Å². The Bertz CT molecular complexity index is 917. The third-order valence-electron chi connectivity index (χ3n) is 4.24. The molecule has 0 unspecified atom stereocenters. The van der Waals surface area contributed by atoms with E-state index in [9.17, 15) is 4.79 Å². The molecule has 0 fully saturated rings. The molecule has 126 valence electrons. The molecule has 2 heterocycles. The van der Waals surface area contributed by atoms with Gasteiger partial charge in [0.2, 0.25) is 6.79 Å². The van der Waals surface area contributed by atoms with E-state index < -0.39 is 0 Å². The molecule has 0 atom stereocenters. The number of carbonyl (C=O) groups excluding carboxylic acids is 1.